The number of ketones is 1. The maximum Gasteiger partial charge on any atom is 0.176 e. The van der Waals surface area contributed by atoms with Crippen LogP contribution in [-0.2, 0) is 0 Å². The molecular formula is C15H23NO. The van der Waals surface area contributed by atoms with Crippen LogP contribution in [0.1, 0.15) is 38.1 Å². The van der Waals surface area contributed by atoms with Crippen LogP contribution in [0, 0.1) is 5.41 Å². The first-order chi connectivity index (χ1) is 7.82. The minimum Gasteiger partial charge on any atom is -0.296 e. The van der Waals surface area contributed by atoms with E-state index in [-0.39, 0.29) is 11.2 Å². The molecule has 0 aromatic heterocycles. The molecule has 0 spiro atoms. The Balaban J connectivity index is 2.64. The normalized spacial score (nSPS) is 13.8. The zero-order chi connectivity index (χ0) is 13.1. The van der Waals surface area contributed by atoms with E-state index < -0.39 is 0 Å². The van der Waals surface area contributed by atoms with E-state index in [1.165, 1.54) is 0 Å². The summed E-state index contributed by atoms with van der Waals surface area (Å²) in [5, 5.41) is 0. The maximum atomic E-state index is 12.0. The molecule has 94 valence electrons. The van der Waals surface area contributed by atoms with E-state index >= 15 is 0 Å². The van der Waals surface area contributed by atoms with E-state index in [9.17, 15) is 4.79 Å². The fourth-order valence-electron chi connectivity index (χ4n) is 1.74. The van der Waals surface area contributed by atoms with Gasteiger partial charge in [0.05, 0.1) is 6.54 Å². The Bertz CT molecular complexity index is 364. The Hall–Kier alpha value is -1.15. The van der Waals surface area contributed by atoms with Gasteiger partial charge in [-0.1, -0.05) is 51.1 Å². The third-order valence-corrected chi connectivity index (χ3v) is 3.40. The standard InChI is InChI=1S/C15H23NO/c1-12(15(2,3)4)16(5)11-14(17)13-9-7-6-8-10-13/h6-10,12H,11H2,1-5H3. The van der Waals surface area contributed by atoms with Crippen LogP contribution in [-0.4, -0.2) is 30.3 Å². The lowest BCUT2D eigenvalue weighted by molar-refractivity contribution is 0.0853. The topological polar surface area (TPSA) is 20.3 Å². The molecule has 0 bridgehead atoms. The van der Waals surface area contributed by atoms with Crippen molar-refractivity contribution < 1.29 is 4.79 Å². The van der Waals surface area contributed by atoms with Crippen LogP contribution in [0.2, 0.25) is 0 Å². The molecule has 0 aliphatic heterocycles. The number of nitrogens with zero attached hydrogens (tertiary/aromatic N) is 1. The number of rotatable bonds is 4. The van der Waals surface area contributed by atoms with E-state index in [0.29, 0.717) is 12.6 Å². The molecule has 0 saturated carbocycles. The molecule has 0 heterocycles. The van der Waals surface area contributed by atoms with Gasteiger partial charge in [0.15, 0.2) is 5.78 Å². The first-order valence-corrected chi connectivity index (χ1v) is 6.11. The quantitative estimate of drug-likeness (QED) is 0.744. The van der Waals surface area contributed by atoms with Crippen molar-refractivity contribution >= 4 is 5.78 Å². The summed E-state index contributed by atoms with van der Waals surface area (Å²) < 4.78 is 0. The molecule has 0 fully saturated rings. The van der Waals surface area contributed by atoms with Crippen molar-refractivity contribution in [2.45, 2.75) is 33.7 Å². The Morgan fingerprint density at radius 3 is 2.24 bits per heavy atom. The fraction of sp³-hybridized carbons (Fsp3) is 0.533. The molecule has 0 aliphatic rings. The molecule has 1 aromatic carbocycles. The zero-order valence-electron chi connectivity index (χ0n) is 11.5. The summed E-state index contributed by atoms with van der Waals surface area (Å²) in [6.07, 6.45) is 0. The van der Waals surface area contributed by atoms with Crippen molar-refractivity contribution in [1.82, 2.24) is 4.90 Å². The lowest BCUT2D eigenvalue weighted by Crippen LogP contribution is -2.41. The van der Waals surface area contributed by atoms with E-state index in [1.54, 1.807) is 0 Å². The van der Waals surface area contributed by atoms with Crippen LogP contribution in [0.3, 0.4) is 0 Å². The average molecular weight is 233 g/mol. The molecule has 17 heavy (non-hydrogen) atoms. The molecule has 1 rings (SSSR count). The van der Waals surface area contributed by atoms with Crippen LogP contribution in [0.5, 0.6) is 0 Å². The Morgan fingerprint density at radius 2 is 1.76 bits per heavy atom. The van der Waals surface area contributed by atoms with E-state index in [0.717, 1.165) is 5.56 Å². The van der Waals surface area contributed by atoms with E-state index in [2.05, 4.69) is 32.6 Å². The highest BCUT2D eigenvalue weighted by atomic mass is 16.1. The molecule has 0 amide bonds. The molecule has 1 unspecified atom stereocenters. The largest absolute Gasteiger partial charge is 0.296 e. The highest BCUT2D eigenvalue weighted by Gasteiger charge is 2.25. The van der Waals surface area contributed by atoms with Crippen LogP contribution in [0.4, 0.5) is 0 Å². The lowest BCUT2D eigenvalue weighted by atomic mass is 9.87. The monoisotopic (exact) mass is 233 g/mol. The smallest absolute Gasteiger partial charge is 0.176 e. The van der Waals surface area contributed by atoms with E-state index in [4.69, 9.17) is 0 Å². The van der Waals surface area contributed by atoms with Gasteiger partial charge in [-0.15, -0.1) is 0 Å². The third-order valence-electron chi connectivity index (χ3n) is 3.40. The molecular weight excluding hydrogens is 210 g/mol. The molecule has 2 heteroatoms. The van der Waals surface area contributed by atoms with Crippen LogP contribution in [0.15, 0.2) is 30.3 Å². The summed E-state index contributed by atoms with van der Waals surface area (Å²) in [7, 11) is 2.01. The number of hydrogen-bond acceptors (Lipinski definition) is 2. The summed E-state index contributed by atoms with van der Waals surface area (Å²) >= 11 is 0. The van der Waals surface area contributed by atoms with Crippen molar-refractivity contribution in [1.29, 1.82) is 0 Å². The van der Waals surface area contributed by atoms with Crippen molar-refractivity contribution in [3.63, 3.8) is 0 Å². The molecule has 2 nitrogen and oxygen atoms in total. The first-order valence-electron chi connectivity index (χ1n) is 6.11. The van der Waals surface area contributed by atoms with Gasteiger partial charge in [-0.3, -0.25) is 9.69 Å². The number of benzene rings is 1. The Kier molecular flexibility index (Phi) is 4.47. The average Bonchev–Trinajstić information content (AvgIpc) is 2.27. The molecule has 0 saturated heterocycles. The minimum atomic E-state index is 0.184. The van der Waals surface area contributed by atoms with Crippen molar-refractivity contribution in [2.24, 2.45) is 5.41 Å². The second-order valence-corrected chi connectivity index (χ2v) is 5.75. The summed E-state index contributed by atoms with van der Waals surface area (Å²) in [5.41, 5.74) is 0.978. The molecule has 0 aliphatic carbocycles. The van der Waals surface area contributed by atoms with Gasteiger partial charge in [0.25, 0.3) is 0 Å². The van der Waals surface area contributed by atoms with Gasteiger partial charge >= 0.3 is 0 Å². The van der Waals surface area contributed by atoms with Gasteiger partial charge in [-0.2, -0.15) is 0 Å². The van der Waals surface area contributed by atoms with Crippen LogP contribution < -0.4 is 0 Å². The summed E-state index contributed by atoms with van der Waals surface area (Å²) in [4.78, 5) is 14.2. The number of likely N-dealkylation sites (N-methyl/N-ethyl adjacent to an activating group) is 1. The highest BCUT2D eigenvalue weighted by Crippen LogP contribution is 2.23. The summed E-state index contributed by atoms with van der Waals surface area (Å²) in [5.74, 6) is 0.184. The number of hydrogen-bond donors (Lipinski definition) is 0. The summed E-state index contributed by atoms with van der Waals surface area (Å²) in [6, 6.07) is 9.85. The van der Waals surface area contributed by atoms with Crippen LogP contribution >= 0.6 is 0 Å². The fourth-order valence-corrected chi connectivity index (χ4v) is 1.74. The minimum absolute atomic E-state index is 0.184. The molecule has 0 radical (unpaired) electrons. The van der Waals surface area contributed by atoms with Crippen molar-refractivity contribution in [3.05, 3.63) is 35.9 Å². The van der Waals surface area contributed by atoms with Gasteiger partial charge in [0.2, 0.25) is 0 Å². The molecule has 1 aromatic rings. The van der Waals surface area contributed by atoms with Gasteiger partial charge in [-0.25, -0.2) is 0 Å². The van der Waals surface area contributed by atoms with Gasteiger partial charge < -0.3 is 0 Å². The number of Topliss-reactive ketones (excluding diaryl/α,β-unsaturated/α-hetero) is 1. The highest BCUT2D eigenvalue weighted by molar-refractivity contribution is 5.97. The second-order valence-electron chi connectivity index (χ2n) is 5.75. The van der Waals surface area contributed by atoms with Gasteiger partial charge in [0.1, 0.15) is 0 Å². The lowest BCUT2D eigenvalue weighted by Gasteiger charge is -2.34. The van der Waals surface area contributed by atoms with Crippen molar-refractivity contribution in [2.75, 3.05) is 13.6 Å². The Morgan fingerprint density at radius 1 is 1.24 bits per heavy atom. The maximum absolute atomic E-state index is 12.0. The predicted octanol–water partition coefficient (Wildman–Crippen LogP) is 3.24. The van der Waals surface area contributed by atoms with Gasteiger partial charge in [-0.05, 0) is 19.4 Å². The van der Waals surface area contributed by atoms with E-state index in [1.807, 2.05) is 37.4 Å². The third kappa shape index (κ3) is 3.97. The molecule has 0 N–H and O–H groups in total. The first kappa shape index (κ1) is 13.9. The number of carbonyl (C=O) groups is 1. The predicted molar refractivity (Wildman–Crippen MR) is 72.3 cm³/mol. The zero-order valence-corrected chi connectivity index (χ0v) is 11.5. The van der Waals surface area contributed by atoms with Crippen molar-refractivity contribution in [3.8, 4) is 0 Å². The SMILES string of the molecule is CC(N(C)CC(=O)c1ccccc1)C(C)(C)C. The molecule has 1 atom stereocenters. The number of carbonyl (C=O) groups excluding carboxylic acids is 1. The van der Waals surface area contributed by atoms with Crippen LogP contribution in [0.25, 0.3) is 0 Å². The Labute approximate surface area is 105 Å². The summed E-state index contributed by atoms with van der Waals surface area (Å²) in [6.45, 7) is 9.23. The van der Waals surface area contributed by atoms with Gasteiger partial charge in [0, 0.05) is 11.6 Å². The second kappa shape index (κ2) is 5.46.